The summed E-state index contributed by atoms with van der Waals surface area (Å²) < 4.78 is 43.9. The second-order valence-electron chi connectivity index (χ2n) is 7.88. The summed E-state index contributed by atoms with van der Waals surface area (Å²) in [6.45, 7) is 1.26. The standard InChI is InChI=1S/C23H24F3N3O2/c1-31-17-7-4-15(5-8-17)6-11-22(30)29-12-2-3-16(14-29)19-13-20-18(27-19)9-10-21(28-20)23(24,25)26/h4-5,7-10,13,16,27H,2-3,6,11-12,14H2,1H3/t16-/m0/s1. The Kier molecular flexibility index (Phi) is 5.89. The smallest absolute Gasteiger partial charge is 0.433 e. The Morgan fingerprint density at radius 3 is 2.71 bits per heavy atom. The summed E-state index contributed by atoms with van der Waals surface area (Å²) in [6, 6.07) is 11.7. The van der Waals surface area contributed by atoms with Crippen molar-refractivity contribution in [2.24, 2.45) is 0 Å². The number of aryl methyl sites for hydroxylation is 1. The van der Waals surface area contributed by atoms with Gasteiger partial charge >= 0.3 is 6.18 Å². The normalized spacial score (nSPS) is 17.2. The second kappa shape index (κ2) is 8.61. The Balaban J connectivity index is 1.41. The molecular weight excluding hydrogens is 407 g/mol. The maximum atomic E-state index is 12.9. The number of piperidine rings is 1. The number of hydrogen-bond acceptors (Lipinski definition) is 3. The fourth-order valence-corrected chi connectivity index (χ4v) is 4.07. The van der Waals surface area contributed by atoms with Crippen LogP contribution in [-0.2, 0) is 17.4 Å². The number of hydrogen-bond donors (Lipinski definition) is 1. The van der Waals surface area contributed by atoms with Gasteiger partial charge in [0.1, 0.15) is 11.4 Å². The first-order chi connectivity index (χ1) is 14.8. The first kappa shape index (κ1) is 21.2. The van der Waals surface area contributed by atoms with E-state index in [9.17, 15) is 18.0 Å². The van der Waals surface area contributed by atoms with Crippen molar-refractivity contribution >= 4 is 16.9 Å². The molecule has 1 atom stereocenters. The lowest BCUT2D eigenvalue weighted by molar-refractivity contribution is -0.141. The number of nitrogens with one attached hydrogen (secondary N) is 1. The van der Waals surface area contributed by atoms with E-state index in [1.54, 1.807) is 13.2 Å². The second-order valence-corrected chi connectivity index (χ2v) is 7.88. The molecule has 1 aliphatic heterocycles. The van der Waals surface area contributed by atoms with Crippen molar-refractivity contribution in [1.29, 1.82) is 0 Å². The number of fused-ring (bicyclic) bond motifs is 1. The summed E-state index contributed by atoms with van der Waals surface area (Å²) in [5.41, 5.74) is 1.88. The molecule has 1 aliphatic rings. The molecule has 164 valence electrons. The molecule has 4 rings (SSSR count). The Morgan fingerprint density at radius 1 is 1.23 bits per heavy atom. The lowest BCUT2D eigenvalue weighted by Gasteiger charge is -2.32. The number of carbonyl (C=O) groups is 1. The number of ether oxygens (including phenoxy) is 1. The number of aromatic nitrogens is 2. The summed E-state index contributed by atoms with van der Waals surface area (Å²) in [7, 11) is 1.61. The number of H-pyrrole nitrogens is 1. The number of rotatable bonds is 5. The highest BCUT2D eigenvalue weighted by Gasteiger charge is 2.33. The maximum absolute atomic E-state index is 12.9. The third kappa shape index (κ3) is 4.84. The SMILES string of the molecule is COc1ccc(CCC(=O)N2CCC[C@H](c3cc4nc(C(F)(F)F)ccc4[nH]3)C2)cc1. The Hall–Kier alpha value is -3.03. The first-order valence-electron chi connectivity index (χ1n) is 10.3. The van der Waals surface area contributed by atoms with Crippen LogP contribution in [0.1, 0.15) is 42.1 Å². The van der Waals surface area contributed by atoms with E-state index in [1.165, 1.54) is 6.07 Å². The fourth-order valence-electron chi connectivity index (χ4n) is 4.07. The van der Waals surface area contributed by atoms with Crippen molar-refractivity contribution in [3.8, 4) is 5.75 Å². The van der Waals surface area contributed by atoms with E-state index in [4.69, 9.17) is 4.74 Å². The number of benzene rings is 1. The van der Waals surface area contributed by atoms with Crippen molar-refractivity contribution in [1.82, 2.24) is 14.9 Å². The van der Waals surface area contributed by atoms with E-state index in [0.717, 1.165) is 35.9 Å². The molecule has 0 bridgehead atoms. The largest absolute Gasteiger partial charge is 0.497 e. The third-order valence-electron chi connectivity index (χ3n) is 5.79. The molecule has 0 radical (unpaired) electrons. The molecule has 3 heterocycles. The predicted octanol–water partition coefficient (Wildman–Crippen LogP) is 4.93. The van der Waals surface area contributed by atoms with E-state index in [1.807, 2.05) is 29.2 Å². The van der Waals surface area contributed by atoms with Crippen LogP contribution in [0.4, 0.5) is 13.2 Å². The minimum Gasteiger partial charge on any atom is -0.497 e. The molecule has 1 N–H and O–H groups in total. The van der Waals surface area contributed by atoms with E-state index >= 15 is 0 Å². The lowest BCUT2D eigenvalue weighted by Crippen LogP contribution is -2.39. The fraction of sp³-hybridized carbons (Fsp3) is 0.391. The van der Waals surface area contributed by atoms with Crippen molar-refractivity contribution in [2.45, 2.75) is 37.8 Å². The van der Waals surface area contributed by atoms with Gasteiger partial charge in [-0.2, -0.15) is 13.2 Å². The van der Waals surface area contributed by atoms with Gasteiger partial charge in [-0.15, -0.1) is 0 Å². The number of likely N-dealkylation sites (tertiary alicyclic amines) is 1. The topological polar surface area (TPSA) is 58.2 Å². The minimum atomic E-state index is -4.47. The van der Waals surface area contributed by atoms with Crippen molar-refractivity contribution < 1.29 is 22.7 Å². The number of alkyl halides is 3. The number of halogens is 3. The Bertz CT molecular complexity index is 1060. The van der Waals surface area contributed by atoms with Gasteiger partial charge in [0.15, 0.2) is 0 Å². The van der Waals surface area contributed by atoms with Crippen molar-refractivity contribution in [3.05, 3.63) is 59.4 Å². The molecule has 1 amide bonds. The molecule has 5 nitrogen and oxygen atoms in total. The van der Waals surface area contributed by atoms with E-state index in [0.29, 0.717) is 37.0 Å². The summed E-state index contributed by atoms with van der Waals surface area (Å²) >= 11 is 0. The average Bonchev–Trinajstić information content (AvgIpc) is 3.21. The Labute approximate surface area is 178 Å². The zero-order chi connectivity index (χ0) is 22.0. The number of methoxy groups -OCH3 is 1. The maximum Gasteiger partial charge on any atom is 0.433 e. The highest BCUT2D eigenvalue weighted by Crippen LogP contribution is 2.32. The summed E-state index contributed by atoms with van der Waals surface area (Å²) in [5.74, 6) is 0.931. The van der Waals surface area contributed by atoms with Crippen LogP contribution in [0.5, 0.6) is 5.75 Å². The first-order valence-corrected chi connectivity index (χ1v) is 10.3. The molecule has 1 saturated heterocycles. The van der Waals surface area contributed by atoms with Gasteiger partial charge in [-0.25, -0.2) is 4.98 Å². The van der Waals surface area contributed by atoms with Gasteiger partial charge in [-0.3, -0.25) is 4.79 Å². The van der Waals surface area contributed by atoms with E-state index in [2.05, 4.69) is 9.97 Å². The summed E-state index contributed by atoms with van der Waals surface area (Å²) in [6.07, 6.45) is -1.66. The van der Waals surface area contributed by atoms with Gasteiger partial charge < -0.3 is 14.6 Å². The minimum absolute atomic E-state index is 0.0576. The zero-order valence-corrected chi connectivity index (χ0v) is 17.2. The van der Waals surface area contributed by atoms with Crippen LogP contribution in [0.3, 0.4) is 0 Å². The van der Waals surface area contributed by atoms with Crippen LogP contribution in [0.15, 0.2) is 42.5 Å². The molecule has 1 fully saturated rings. The number of pyridine rings is 1. The van der Waals surface area contributed by atoms with Crippen LogP contribution in [0, 0.1) is 0 Å². The predicted molar refractivity (Wildman–Crippen MR) is 111 cm³/mol. The lowest BCUT2D eigenvalue weighted by atomic mass is 9.94. The Morgan fingerprint density at radius 2 is 2.00 bits per heavy atom. The zero-order valence-electron chi connectivity index (χ0n) is 17.2. The van der Waals surface area contributed by atoms with Gasteiger partial charge in [0.05, 0.1) is 18.1 Å². The molecule has 8 heteroatoms. The van der Waals surface area contributed by atoms with Crippen LogP contribution >= 0.6 is 0 Å². The van der Waals surface area contributed by atoms with E-state index < -0.39 is 11.9 Å². The summed E-state index contributed by atoms with van der Waals surface area (Å²) in [5, 5.41) is 0. The molecule has 0 spiro atoms. The van der Waals surface area contributed by atoms with Gasteiger partial charge in [-0.1, -0.05) is 12.1 Å². The van der Waals surface area contributed by atoms with Crippen molar-refractivity contribution in [3.63, 3.8) is 0 Å². The molecule has 2 aromatic heterocycles. The molecule has 0 aliphatic carbocycles. The molecule has 31 heavy (non-hydrogen) atoms. The number of aromatic amines is 1. The van der Waals surface area contributed by atoms with Gasteiger partial charge in [0.2, 0.25) is 5.91 Å². The van der Waals surface area contributed by atoms with Crippen LogP contribution in [0.25, 0.3) is 11.0 Å². The average molecular weight is 431 g/mol. The van der Waals surface area contributed by atoms with Crippen LogP contribution in [0.2, 0.25) is 0 Å². The molecule has 1 aromatic carbocycles. The molecule has 0 unspecified atom stereocenters. The molecule has 0 saturated carbocycles. The summed E-state index contributed by atoms with van der Waals surface area (Å²) in [4.78, 5) is 21.5. The quantitative estimate of drug-likeness (QED) is 0.623. The van der Waals surface area contributed by atoms with Crippen molar-refractivity contribution in [2.75, 3.05) is 20.2 Å². The van der Waals surface area contributed by atoms with E-state index in [-0.39, 0.29) is 11.8 Å². The third-order valence-corrected chi connectivity index (χ3v) is 5.79. The highest BCUT2D eigenvalue weighted by atomic mass is 19.4. The molecular formula is C23H24F3N3O2. The molecule has 3 aromatic rings. The number of carbonyl (C=O) groups excluding carboxylic acids is 1. The number of nitrogens with zero attached hydrogens (tertiary/aromatic N) is 2. The number of amides is 1. The highest BCUT2D eigenvalue weighted by molar-refractivity contribution is 5.78. The van der Waals surface area contributed by atoms with Gasteiger partial charge in [0.25, 0.3) is 0 Å². The van der Waals surface area contributed by atoms with Gasteiger partial charge in [-0.05, 0) is 55.2 Å². The van der Waals surface area contributed by atoms with Crippen LogP contribution < -0.4 is 4.74 Å². The van der Waals surface area contributed by atoms with Crippen LogP contribution in [-0.4, -0.2) is 41.0 Å². The van der Waals surface area contributed by atoms with Gasteiger partial charge in [0, 0.05) is 31.1 Å². The monoisotopic (exact) mass is 431 g/mol.